The minimum Gasteiger partial charge on any atom is -0.466 e. The standard InChI is InChI=1S/C15H27NO5/c1-6-20-12(18)10-7-8-15(5,11(17)9-10)16-13(19)21-14(2,3)4/h10-11,17H,6-9H2,1-5H3,(H,16,19)/t10-,11+,15+/m0/s1. The predicted molar refractivity (Wildman–Crippen MR) is 77.8 cm³/mol. The highest BCUT2D eigenvalue weighted by molar-refractivity contribution is 5.73. The third-order valence-corrected chi connectivity index (χ3v) is 3.66. The Hall–Kier alpha value is -1.30. The minimum atomic E-state index is -0.812. The Morgan fingerprint density at radius 1 is 1.38 bits per heavy atom. The fraction of sp³-hybridized carbons (Fsp3) is 0.867. The fourth-order valence-corrected chi connectivity index (χ4v) is 2.44. The van der Waals surface area contributed by atoms with Crippen LogP contribution >= 0.6 is 0 Å². The van der Waals surface area contributed by atoms with E-state index in [0.717, 1.165) is 0 Å². The van der Waals surface area contributed by atoms with Crippen LogP contribution < -0.4 is 5.32 Å². The van der Waals surface area contributed by atoms with Gasteiger partial charge in [0, 0.05) is 0 Å². The molecule has 6 heteroatoms. The first-order valence-electron chi connectivity index (χ1n) is 7.43. The van der Waals surface area contributed by atoms with Crippen LogP contribution in [0, 0.1) is 5.92 Å². The van der Waals surface area contributed by atoms with Crippen molar-refractivity contribution in [3.8, 4) is 0 Å². The molecule has 0 heterocycles. The van der Waals surface area contributed by atoms with Gasteiger partial charge >= 0.3 is 12.1 Å². The summed E-state index contributed by atoms with van der Waals surface area (Å²) >= 11 is 0. The summed E-state index contributed by atoms with van der Waals surface area (Å²) in [6.45, 7) is 9.20. The molecule has 2 N–H and O–H groups in total. The molecule has 0 saturated heterocycles. The molecule has 0 aromatic rings. The summed E-state index contributed by atoms with van der Waals surface area (Å²) in [5.41, 5.74) is -1.38. The van der Waals surface area contributed by atoms with E-state index in [0.29, 0.717) is 19.4 Å². The van der Waals surface area contributed by atoms with Crippen molar-refractivity contribution >= 4 is 12.1 Å². The fourth-order valence-electron chi connectivity index (χ4n) is 2.44. The maximum Gasteiger partial charge on any atom is 0.408 e. The summed E-state index contributed by atoms with van der Waals surface area (Å²) in [7, 11) is 0. The average Bonchev–Trinajstić information content (AvgIpc) is 2.30. The van der Waals surface area contributed by atoms with Gasteiger partial charge in [0.25, 0.3) is 0 Å². The highest BCUT2D eigenvalue weighted by Gasteiger charge is 2.43. The Balaban J connectivity index is 2.60. The Morgan fingerprint density at radius 3 is 2.48 bits per heavy atom. The molecule has 1 aliphatic carbocycles. The number of nitrogens with one attached hydrogen (secondary N) is 1. The molecular formula is C15H27NO5. The van der Waals surface area contributed by atoms with E-state index >= 15 is 0 Å². The van der Waals surface area contributed by atoms with Gasteiger partial charge in [-0.3, -0.25) is 4.79 Å². The summed E-state index contributed by atoms with van der Waals surface area (Å²) in [4.78, 5) is 23.6. The number of hydrogen-bond donors (Lipinski definition) is 2. The number of ether oxygens (including phenoxy) is 2. The van der Waals surface area contributed by atoms with E-state index < -0.39 is 23.3 Å². The number of carbonyl (C=O) groups is 2. The molecule has 1 saturated carbocycles. The van der Waals surface area contributed by atoms with Gasteiger partial charge in [0.1, 0.15) is 5.60 Å². The zero-order valence-corrected chi connectivity index (χ0v) is 13.6. The molecular weight excluding hydrogens is 274 g/mol. The molecule has 0 spiro atoms. The van der Waals surface area contributed by atoms with Gasteiger partial charge in [0.15, 0.2) is 0 Å². The summed E-state index contributed by atoms with van der Waals surface area (Å²) in [5, 5.41) is 13.0. The van der Waals surface area contributed by atoms with E-state index in [4.69, 9.17) is 9.47 Å². The third-order valence-electron chi connectivity index (χ3n) is 3.66. The number of aliphatic hydroxyl groups is 1. The molecule has 1 aliphatic rings. The second-order valence-electron chi connectivity index (χ2n) is 6.78. The lowest BCUT2D eigenvalue weighted by Gasteiger charge is -2.41. The average molecular weight is 301 g/mol. The molecule has 122 valence electrons. The summed E-state index contributed by atoms with van der Waals surface area (Å²) in [6.07, 6.45) is -0.0173. The minimum absolute atomic E-state index is 0.282. The number of amides is 1. The van der Waals surface area contributed by atoms with Crippen LogP contribution in [0.3, 0.4) is 0 Å². The van der Waals surface area contributed by atoms with Crippen molar-refractivity contribution in [2.24, 2.45) is 5.92 Å². The number of rotatable bonds is 3. The number of esters is 1. The Labute approximate surface area is 126 Å². The van der Waals surface area contributed by atoms with Crippen molar-refractivity contribution in [3.05, 3.63) is 0 Å². The SMILES string of the molecule is CCOC(=O)[C@H]1CC[C@@](C)(NC(=O)OC(C)(C)C)[C@H](O)C1. The first-order chi connectivity index (χ1) is 9.57. The highest BCUT2D eigenvalue weighted by Crippen LogP contribution is 2.33. The van der Waals surface area contributed by atoms with Gasteiger partial charge in [-0.1, -0.05) is 0 Å². The van der Waals surface area contributed by atoms with Crippen LogP contribution in [0.4, 0.5) is 4.79 Å². The lowest BCUT2D eigenvalue weighted by molar-refractivity contribution is -0.151. The number of hydrogen-bond acceptors (Lipinski definition) is 5. The van der Waals surface area contributed by atoms with Crippen molar-refractivity contribution in [1.29, 1.82) is 0 Å². The van der Waals surface area contributed by atoms with Crippen LogP contribution in [0.25, 0.3) is 0 Å². The van der Waals surface area contributed by atoms with Crippen LogP contribution in [-0.4, -0.2) is 41.0 Å². The zero-order valence-electron chi connectivity index (χ0n) is 13.6. The van der Waals surface area contributed by atoms with Crippen molar-refractivity contribution in [1.82, 2.24) is 5.32 Å². The molecule has 0 bridgehead atoms. The van der Waals surface area contributed by atoms with Crippen molar-refractivity contribution in [2.45, 2.75) is 71.1 Å². The molecule has 0 radical (unpaired) electrons. The van der Waals surface area contributed by atoms with Crippen molar-refractivity contribution < 1.29 is 24.2 Å². The number of carbonyl (C=O) groups excluding carboxylic acids is 2. The van der Waals surface area contributed by atoms with Gasteiger partial charge in [0.05, 0.1) is 24.2 Å². The van der Waals surface area contributed by atoms with Gasteiger partial charge < -0.3 is 19.9 Å². The lowest BCUT2D eigenvalue weighted by Crippen LogP contribution is -2.58. The van der Waals surface area contributed by atoms with Gasteiger partial charge in [-0.15, -0.1) is 0 Å². The summed E-state index contributed by atoms with van der Waals surface area (Å²) < 4.78 is 10.2. The van der Waals surface area contributed by atoms with E-state index in [9.17, 15) is 14.7 Å². The van der Waals surface area contributed by atoms with Gasteiger partial charge in [-0.05, 0) is 53.9 Å². The molecule has 0 aromatic heterocycles. The van der Waals surface area contributed by atoms with E-state index in [1.807, 2.05) is 0 Å². The van der Waals surface area contributed by atoms with E-state index in [1.54, 1.807) is 34.6 Å². The molecule has 3 atom stereocenters. The lowest BCUT2D eigenvalue weighted by atomic mass is 9.75. The Bertz CT molecular complexity index is 390. The van der Waals surface area contributed by atoms with E-state index in [2.05, 4.69) is 5.32 Å². The molecule has 0 unspecified atom stereocenters. The van der Waals surface area contributed by atoms with Crippen molar-refractivity contribution in [3.63, 3.8) is 0 Å². The Morgan fingerprint density at radius 2 is 2.00 bits per heavy atom. The molecule has 21 heavy (non-hydrogen) atoms. The van der Waals surface area contributed by atoms with E-state index in [-0.39, 0.29) is 18.3 Å². The van der Waals surface area contributed by atoms with Gasteiger partial charge in [0.2, 0.25) is 0 Å². The molecule has 1 amide bonds. The first-order valence-corrected chi connectivity index (χ1v) is 7.43. The second-order valence-corrected chi connectivity index (χ2v) is 6.78. The quantitative estimate of drug-likeness (QED) is 0.779. The molecule has 0 aromatic carbocycles. The Kier molecular flexibility index (Phi) is 5.61. The van der Waals surface area contributed by atoms with Crippen molar-refractivity contribution in [2.75, 3.05) is 6.61 Å². The van der Waals surface area contributed by atoms with Gasteiger partial charge in [-0.2, -0.15) is 0 Å². The first kappa shape index (κ1) is 17.8. The van der Waals surface area contributed by atoms with Crippen LogP contribution in [0.1, 0.15) is 53.9 Å². The number of alkyl carbamates (subject to hydrolysis) is 1. The third kappa shape index (κ3) is 5.19. The predicted octanol–water partition coefficient (Wildman–Crippen LogP) is 1.99. The second kappa shape index (κ2) is 6.64. The van der Waals surface area contributed by atoms with Crippen LogP contribution in [0.15, 0.2) is 0 Å². The normalized spacial score (nSPS) is 29.6. The van der Waals surface area contributed by atoms with Crippen LogP contribution in [0.2, 0.25) is 0 Å². The smallest absolute Gasteiger partial charge is 0.408 e. The molecule has 1 rings (SSSR count). The number of aliphatic hydroxyl groups excluding tert-OH is 1. The van der Waals surface area contributed by atoms with Crippen LogP contribution in [0.5, 0.6) is 0 Å². The van der Waals surface area contributed by atoms with Gasteiger partial charge in [-0.25, -0.2) is 4.79 Å². The topological polar surface area (TPSA) is 84.9 Å². The maximum atomic E-state index is 11.9. The molecule has 1 fully saturated rings. The summed E-state index contributed by atoms with van der Waals surface area (Å²) in [6, 6.07) is 0. The largest absolute Gasteiger partial charge is 0.466 e. The molecule has 6 nitrogen and oxygen atoms in total. The zero-order chi connectivity index (χ0) is 16.3. The van der Waals surface area contributed by atoms with Crippen LogP contribution in [-0.2, 0) is 14.3 Å². The van der Waals surface area contributed by atoms with E-state index in [1.165, 1.54) is 0 Å². The monoisotopic (exact) mass is 301 g/mol. The maximum absolute atomic E-state index is 11.9. The molecule has 0 aliphatic heterocycles. The summed E-state index contributed by atoms with van der Waals surface area (Å²) in [5.74, 6) is -0.593. The highest BCUT2D eigenvalue weighted by atomic mass is 16.6.